The highest BCUT2D eigenvalue weighted by Crippen LogP contribution is 2.11. The summed E-state index contributed by atoms with van der Waals surface area (Å²) in [6.07, 6.45) is 4.81. The second-order valence-electron chi connectivity index (χ2n) is 5.13. The van der Waals surface area contributed by atoms with Crippen LogP contribution in [0.2, 0.25) is 0 Å². The molecule has 0 aliphatic heterocycles. The van der Waals surface area contributed by atoms with E-state index in [2.05, 4.69) is 24.3 Å². The Labute approximate surface area is 116 Å². The standard InChI is InChI=1S/C13H25N3O2S/c1-5-6-14-12(4)13-9-15-16(10-13)7-8-19(17,18)11(2)3/h9-12,14H,5-8H2,1-4H3. The van der Waals surface area contributed by atoms with Crippen molar-refractivity contribution >= 4 is 9.84 Å². The van der Waals surface area contributed by atoms with Gasteiger partial charge in [0.05, 0.1) is 23.7 Å². The molecule has 0 saturated carbocycles. The first kappa shape index (κ1) is 16.2. The van der Waals surface area contributed by atoms with E-state index in [0.717, 1.165) is 18.5 Å². The number of aromatic nitrogens is 2. The molecule has 1 aromatic heterocycles. The molecule has 1 heterocycles. The van der Waals surface area contributed by atoms with E-state index in [0.29, 0.717) is 6.54 Å². The maximum Gasteiger partial charge on any atom is 0.154 e. The minimum atomic E-state index is -3.00. The fraction of sp³-hybridized carbons (Fsp3) is 0.769. The van der Waals surface area contributed by atoms with Gasteiger partial charge in [0.25, 0.3) is 0 Å². The molecule has 1 N–H and O–H groups in total. The third-order valence-electron chi connectivity index (χ3n) is 3.18. The van der Waals surface area contributed by atoms with Gasteiger partial charge in [0.1, 0.15) is 0 Å². The molecule has 1 unspecified atom stereocenters. The van der Waals surface area contributed by atoms with Crippen molar-refractivity contribution in [2.45, 2.75) is 52.0 Å². The van der Waals surface area contributed by atoms with E-state index in [1.165, 1.54) is 0 Å². The van der Waals surface area contributed by atoms with Crippen LogP contribution in [-0.4, -0.2) is 35.7 Å². The molecule has 1 atom stereocenters. The molecule has 1 rings (SSSR count). The maximum absolute atomic E-state index is 11.7. The molecule has 5 nitrogen and oxygen atoms in total. The summed E-state index contributed by atoms with van der Waals surface area (Å²) in [5.74, 6) is 0.141. The highest BCUT2D eigenvalue weighted by atomic mass is 32.2. The first-order chi connectivity index (χ1) is 8.86. The van der Waals surface area contributed by atoms with Crippen molar-refractivity contribution in [2.75, 3.05) is 12.3 Å². The largest absolute Gasteiger partial charge is 0.310 e. The maximum atomic E-state index is 11.7. The summed E-state index contributed by atoms with van der Waals surface area (Å²) >= 11 is 0. The van der Waals surface area contributed by atoms with Crippen LogP contribution in [0.15, 0.2) is 12.4 Å². The summed E-state index contributed by atoms with van der Waals surface area (Å²) in [5.41, 5.74) is 1.09. The molecule has 0 saturated heterocycles. The average Bonchev–Trinajstić information content (AvgIpc) is 2.82. The quantitative estimate of drug-likeness (QED) is 0.791. The molecule has 6 heteroatoms. The molecule has 0 aliphatic carbocycles. The van der Waals surface area contributed by atoms with Gasteiger partial charge in [0, 0.05) is 17.8 Å². The van der Waals surface area contributed by atoms with Crippen LogP contribution < -0.4 is 5.32 Å². The van der Waals surface area contributed by atoms with Gasteiger partial charge < -0.3 is 5.32 Å². The van der Waals surface area contributed by atoms with Gasteiger partial charge in [0.15, 0.2) is 9.84 Å². The van der Waals surface area contributed by atoms with Gasteiger partial charge in [-0.25, -0.2) is 8.42 Å². The Kier molecular flexibility index (Phi) is 6.00. The van der Waals surface area contributed by atoms with Crippen molar-refractivity contribution < 1.29 is 8.42 Å². The lowest BCUT2D eigenvalue weighted by Crippen LogP contribution is -2.21. The molecule has 0 amide bonds. The number of hydrogen-bond donors (Lipinski definition) is 1. The van der Waals surface area contributed by atoms with Crippen LogP contribution in [0.1, 0.15) is 45.7 Å². The number of rotatable bonds is 8. The van der Waals surface area contributed by atoms with Gasteiger partial charge in [-0.1, -0.05) is 6.92 Å². The van der Waals surface area contributed by atoms with Gasteiger partial charge in [0.2, 0.25) is 0 Å². The summed E-state index contributed by atoms with van der Waals surface area (Å²) in [4.78, 5) is 0. The van der Waals surface area contributed by atoms with Crippen molar-refractivity contribution in [3.05, 3.63) is 18.0 Å². The smallest absolute Gasteiger partial charge is 0.154 e. The van der Waals surface area contributed by atoms with E-state index in [1.807, 2.05) is 6.20 Å². The fourth-order valence-electron chi connectivity index (χ4n) is 1.66. The molecule has 0 aromatic carbocycles. The molecule has 0 aliphatic rings. The number of nitrogens with one attached hydrogen (secondary N) is 1. The number of nitrogens with zero attached hydrogens (tertiary/aromatic N) is 2. The number of aryl methyl sites for hydroxylation is 1. The predicted octanol–water partition coefficient (Wildman–Crippen LogP) is 1.77. The van der Waals surface area contributed by atoms with Gasteiger partial charge in [-0.15, -0.1) is 0 Å². The topological polar surface area (TPSA) is 64.0 Å². The van der Waals surface area contributed by atoms with E-state index in [4.69, 9.17) is 0 Å². The Hall–Kier alpha value is -0.880. The molecular weight excluding hydrogens is 262 g/mol. The average molecular weight is 287 g/mol. The van der Waals surface area contributed by atoms with E-state index < -0.39 is 9.84 Å². The molecule has 0 bridgehead atoms. The van der Waals surface area contributed by atoms with Crippen LogP contribution in [0.25, 0.3) is 0 Å². The normalized spacial score (nSPS) is 13.9. The third kappa shape index (κ3) is 4.95. The second-order valence-corrected chi connectivity index (χ2v) is 7.81. The first-order valence-corrected chi connectivity index (χ1v) is 8.55. The van der Waals surface area contributed by atoms with Crippen molar-refractivity contribution in [2.24, 2.45) is 0 Å². The van der Waals surface area contributed by atoms with Crippen molar-refractivity contribution in [1.82, 2.24) is 15.1 Å². The lowest BCUT2D eigenvalue weighted by molar-refractivity contribution is 0.566. The Morgan fingerprint density at radius 3 is 2.63 bits per heavy atom. The van der Waals surface area contributed by atoms with Crippen LogP contribution in [0.4, 0.5) is 0 Å². The zero-order valence-electron chi connectivity index (χ0n) is 12.3. The minimum absolute atomic E-state index is 0.141. The monoisotopic (exact) mass is 287 g/mol. The molecule has 0 radical (unpaired) electrons. The zero-order chi connectivity index (χ0) is 14.5. The van der Waals surface area contributed by atoms with E-state index in [-0.39, 0.29) is 17.0 Å². The Morgan fingerprint density at radius 1 is 1.37 bits per heavy atom. The van der Waals surface area contributed by atoms with Crippen LogP contribution in [-0.2, 0) is 16.4 Å². The lowest BCUT2D eigenvalue weighted by Gasteiger charge is -2.10. The Balaban J connectivity index is 2.56. The summed E-state index contributed by atoms with van der Waals surface area (Å²) in [5, 5.41) is 7.27. The number of sulfone groups is 1. The van der Waals surface area contributed by atoms with Crippen molar-refractivity contribution in [3.63, 3.8) is 0 Å². The second kappa shape index (κ2) is 7.05. The van der Waals surface area contributed by atoms with E-state index in [9.17, 15) is 8.42 Å². The highest BCUT2D eigenvalue weighted by Gasteiger charge is 2.16. The summed E-state index contributed by atoms with van der Waals surface area (Å²) in [7, 11) is -3.00. The molecule has 19 heavy (non-hydrogen) atoms. The van der Waals surface area contributed by atoms with Gasteiger partial charge in [-0.05, 0) is 33.7 Å². The summed E-state index contributed by atoms with van der Waals surface area (Å²) in [6, 6.07) is 0.246. The number of hydrogen-bond acceptors (Lipinski definition) is 4. The highest BCUT2D eigenvalue weighted by molar-refractivity contribution is 7.91. The Morgan fingerprint density at radius 2 is 2.05 bits per heavy atom. The van der Waals surface area contributed by atoms with Crippen molar-refractivity contribution in [1.29, 1.82) is 0 Å². The summed E-state index contributed by atoms with van der Waals surface area (Å²) < 4.78 is 25.2. The molecule has 110 valence electrons. The molecule has 0 spiro atoms. The van der Waals surface area contributed by atoms with Crippen LogP contribution in [0, 0.1) is 0 Å². The lowest BCUT2D eigenvalue weighted by atomic mass is 10.2. The van der Waals surface area contributed by atoms with Crippen LogP contribution in [0.3, 0.4) is 0 Å². The first-order valence-electron chi connectivity index (χ1n) is 6.84. The van der Waals surface area contributed by atoms with Crippen molar-refractivity contribution in [3.8, 4) is 0 Å². The molecular formula is C13H25N3O2S. The van der Waals surface area contributed by atoms with Gasteiger partial charge in [-0.3, -0.25) is 4.68 Å². The van der Waals surface area contributed by atoms with E-state index >= 15 is 0 Å². The van der Waals surface area contributed by atoms with Gasteiger partial charge >= 0.3 is 0 Å². The SMILES string of the molecule is CCCNC(C)c1cnn(CCS(=O)(=O)C(C)C)c1. The molecule has 0 fully saturated rings. The fourth-order valence-corrected chi connectivity index (χ4v) is 2.57. The van der Waals surface area contributed by atoms with Crippen LogP contribution in [0.5, 0.6) is 0 Å². The third-order valence-corrected chi connectivity index (χ3v) is 5.36. The minimum Gasteiger partial charge on any atom is -0.310 e. The Bertz CT molecular complexity index is 480. The molecule has 1 aromatic rings. The van der Waals surface area contributed by atoms with E-state index in [1.54, 1.807) is 24.7 Å². The van der Waals surface area contributed by atoms with Crippen LogP contribution >= 0.6 is 0 Å². The zero-order valence-corrected chi connectivity index (χ0v) is 13.1. The predicted molar refractivity (Wildman–Crippen MR) is 77.9 cm³/mol. The van der Waals surface area contributed by atoms with Gasteiger partial charge in [-0.2, -0.15) is 5.10 Å². The summed E-state index contributed by atoms with van der Waals surface area (Å²) in [6.45, 7) is 9.01.